The van der Waals surface area contributed by atoms with Crippen molar-refractivity contribution < 1.29 is 24.2 Å². The van der Waals surface area contributed by atoms with Crippen LogP contribution in [0, 0.1) is 23.7 Å². The van der Waals surface area contributed by atoms with Gasteiger partial charge in [0.05, 0.1) is 29.6 Å². The van der Waals surface area contributed by atoms with Crippen LogP contribution in [0.25, 0.3) is 0 Å². The molecule has 2 aliphatic carbocycles. The van der Waals surface area contributed by atoms with E-state index in [0.717, 1.165) is 48.1 Å². The Bertz CT molecular complexity index is 1860. The molecule has 7 atom stereocenters. The highest BCUT2D eigenvalue weighted by Crippen LogP contribution is 2.53. The standard InChI is InChI=1S/C38H45N5O6/c1-5-22-15-30-32-24(20(22)3)11-12-28(40-17-21-7-9-23(10-8-21)41-35(45)29(39-4)13-14-44)33(32)25-18-43-31(34(25)42-30)16-27-26(36(43)46)19-49-37(47)38(27,48)6-2/h7-10,14-16,20,22,24,28-29,32,39-40,48H,5-6,11-13,17-19H2,1-4H3,(H,41,45)/t20?,22?,24?,28-,29?,32?,38-/m0/s1. The van der Waals surface area contributed by atoms with E-state index < -0.39 is 17.6 Å². The summed E-state index contributed by atoms with van der Waals surface area (Å²) >= 11 is 0. The van der Waals surface area contributed by atoms with Crippen LogP contribution in [0.2, 0.25) is 0 Å². The summed E-state index contributed by atoms with van der Waals surface area (Å²) in [5.41, 5.74) is 5.10. The fourth-order valence-corrected chi connectivity index (χ4v) is 8.82. The van der Waals surface area contributed by atoms with Crippen LogP contribution in [-0.4, -0.2) is 52.7 Å². The summed E-state index contributed by atoms with van der Waals surface area (Å²) in [5.74, 6) is 0.547. The third kappa shape index (κ3) is 5.43. The second kappa shape index (κ2) is 12.9. The minimum absolute atomic E-state index is 0.0618. The number of hydrogen-bond acceptors (Lipinski definition) is 9. The number of aliphatic hydroxyl groups is 1. The predicted molar refractivity (Wildman–Crippen MR) is 185 cm³/mol. The molecule has 1 aromatic heterocycles. The van der Waals surface area contributed by atoms with Crippen LogP contribution in [0.15, 0.2) is 63.0 Å². The van der Waals surface area contributed by atoms with Gasteiger partial charge in [0.1, 0.15) is 12.9 Å². The number of pyridine rings is 1. The molecule has 0 saturated heterocycles. The molecule has 4 heterocycles. The molecule has 0 radical (unpaired) electrons. The van der Waals surface area contributed by atoms with Crippen molar-refractivity contribution in [2.45, 2.75) is 90.3 Å². The first-order valence-electron chi connectivity index (χ1n) is 17.6. The molecule has 4 N–H and O–H groups in total. The third-order valence-corrected chi connectivity index (χ3v) is 11.7. The van der Waals surface area contributed by atoms with Gasteiger partial charge < -0.3 is 35.2 Å². The molecule has 1 aromatic carbocycles. The number of ether oxygens (including phenoxy) is 1. The number of nitrogens with zero attached hydrogens (tertiary/aromatic N) is 2. The molecule has 49 heavy (non-hydrogen) atoms. The number of aldehydes is 1. The Hall–Kier alpha value is -4.19. The average molecular weight is 668 g/mol. The number of amides is 1. The lowest BCUT2D eigenvalue weighted by molar-refractivity contribution is -0.172. The normalized spacial score (nSPS) is 28.7. The number of aromatic nitrogens is 1. The zero-order valence-electron chi connectivity index (χ0n) is 28.5. The quantitative estimate of drug-likeness (QED) is 0.222. The maximum absolute atomic E-state index is 14.0. The molecule has 1 amide bonds. The van der Waals surface area contributed by atoms with Crippen molar-refractivity contribution in [3.8, 4) is 0 Å². The van der Waals surface area contributed by atoms with E-state index in [0.29, 0.717) is 53.4 Å². The van der Waals surface area contributed by atoms with Crippen molar-refractivity contribution in [2.24, 2.45) is 28.7 Å². The number of nitrogens with one attached hydrogen (secondary N) is 3. The summed E-state index contributed by atoms with van der Waals surface area (Å²) < 4.78 is 7.04. The van der Waals surface area contributed by atoms with E-state index in [1.165, 1.54) is 5.57 Å². The second-order valence-corrected chi connectivity index (χ2v) is 14.1. The molecule has 7 rings (SSSR count). The van der Waals surface area contributed by atoms with Gasteiger partial charge in [0, 0.05) is 47.4 Å². The summed E-state index contributed by atoms with van der Waals surface area (Å²) in [6.45, 7) is 7.16. The molecule has 11 nitrogen and oxygen atoms in total. The Morgan fingerprint density at radius 1 is 1.20 bits per heavy atom. The highest BCUT2D eigenvalue weighted by atomic mass is 16.6. The number of aliphatic imine (C=N–C) groups is 1. The van der Waals surface area contributed by atoms with Gasteiger partial charge in [-0.2, -0.15) is 0 Å². The lowest BCUT2D eigenvalue weighted by atomic mass is 9.59. The Balaban J connectivity index is 1.22. The Morgan fingerprint density at radius 3 is 2.67 bits per heavy atom. The number of rotatable bonds is 10. The minimum atomic E-state index is -1.87. The van der Waals surface area contributed by atoms with E-state index in [2.05, 4.69) is 35.9 Å². The monoisotopic (exact) mass is 667 g/mol. The van der Waals surface area contributed by atoms with E-state index >= 15 is 0 Å². The van der Waals surface area contributed by atoms with Crippen LogP contribution in [0.3, 0.4) is 0 Å². The molecular weight excluding hydrogens is 622 g/mol. The SMILES string of the molecule is CCC1C=C2N=C3C(=C4C2C(CC[C@@H]4NCc2ccc(NC(=O)C(CC=O)NC)cc2)C1C)Cn1c3cc2c(c1=O)COC(=O)[C@]2(O)CC. The number of dihydropyridines is 1. The molecular formula is C38H45N5O6. The average Bonchev–Trinajstić information content (AvgIpc) is 3.48. The summed E-state index contributed by atoms with van der Waals surface area (Å²) in [5, 5.41) is 21.0. The second-order valence-electron chi connectivity index (χ2n) is 14.1. The first-order chi connectivity index (χ1) is 23.6. The number of carbonyl (C=O) groups excluding carboxylic acids is 3. The smallest absolute Gasteiger partial charge is 0.343 e. The van der Waals surface area contributed by atoms with Gasteiger partial charge in [0.15, 0.2) is 5.60 Å². The van der Waals surface area contributed by atoms with E-state index in [9.17, 15) is 24.3 Å². The fraction of sp³-hybridized carbons (Fsp3) is 0.500. The molecule has 5 aliphatic rings. The van der Waals surface area contributed by atoms with Crippen LogP contribution in [-0.2, 0) is 44.4 Å². The Kier molecular flexibility index (Phi) is 8.79. The van der Waals surface area contributed by atoms with Gasteiger partial charge in [-0.15, -0.1) is 0 Å². The van der Waals surface area contributed by atoms with Crippen molar-refractivity contribution in [1.29, 1.82) is 0 Å². The Morgan fingerprint density at radius 2 is 1.98 bits per heavy atom. The molecule has 3 aliphatic heterocycles. The van der Waals surface area contributed by atoms with E-state index in [1.54, 1.807) is 24.6 Å². The van der Waals surface area contributed by atoms with Crippen LogP contribution in [0.1, 0.15) is 75.3 Å². The number of esters is 1. The summed E-state index contributed by atoms with van der Waals surface area (Å²) in [6.07, 6.45) is 6.34. The summed E-state index contributed by atoms with van der Waals surface area (Å²) in [7, 11) is 1.65. The fourth-order valence-electron chi connectivity index (χ4n) is 8.82. The van der Waals surface area contributed by atoms with Crippen molar-refractivity contribution in [3.05, 3.63) is 86.0 Å². The van der Waals surface area contributed by atoms with Gasteiger partial charge in [0.25, 0.3) is 5.56 Å². The van der Waals surface area contributed by atoms with Gasteiger partial charge in [-0.1, -0.05) is 39.0 Å². The summed E-state index contributed by atoms with van der Waals surface area (Å²) in [6, 6.07) is 9.00. The molecule has 0 bridgehead atoms. The van der Waals surface area contributed by atoms with Crippen molar-refractivity contribution >= 4 is 29.6 Å². The minimum Gasteiger partial charge on any atom is -0.458 e. The number of fused-ring (bicyclic) bond motifs is 4. The van der Waals surface area contributed by atoms with E-state index in [1.807, 2.05) is 24.3 Å². The summed E-state index contributed by atoms with van der Waals surface area (Å²) in [4.78, 5) is 55.5. The highest BCUT2D eigenvalue weighted by molar-refractivity contribution is 6.15. The van der Waals surface area contributed by atoms with Crippen molar-refractivity contribution in [2.75, 3.05) is 12.4 Å². The molecule has 11 heteroatoms. The lowest BCUT2D eigenvalue weighted by Crippen LogP contribution is -2.47. The highest BCUT2D eigenvalue weighted by Gasteiger charge is 2.50. The number of anilines is 1. The zero-order chi connectivity index (χ0) is 34.6. The van der Waals surface area contributed by atoms with Gasteiger partial charge in [-0.05, 0) is 79.8 Å². The lowest BCUT2D eigenvalue weighted by Gasteiger charge is -2.48. The van der Waals surface area contributed by atoms with Gasteiger partial charge in [-0.3, -0.25) is 14.6 Å². The molecule has 5 unspecified atom stereocenters. The van der Waals surface area contributed by atoms with Crippen LogP contribution >= 0.6 is 0 Å². The Labute approximate surface area is 285 Å². The number of hydrogen-bond donors (Lipinski definition) is 4. The zero-order valence-corrected chi connectivity index (χ0v) is 28.5. The van der Waals surface area contributed by atoms with Crippen molar-refractivity contribution in [1.82, 2.24) is 15.2 Å². The van der Waals surface area contributed by atoms with Gasteiger partial charge in [-0.25, -0.2) is 4.79 Å². The van der Waals surface area contributed by atoms with E-state index in [4.69, 9.17) is 9.73 Å². The maximum atomic E-state index is 14.0. The molecule has 2 aromatic rings. The van der Waals surface area contributed by atoms with Crippen LogP contribution < -0.4 is 21.5 Å². The van der Waals surface area contributed by atoms with Crippen LogP contribution in [0.4, 0.5) is 5.69 Å². The number of likely N-dealkylation sites (N-methyl/N-ethyl adjacent to an activating group) is 1. The molecule has 1 saturated carbocycles. The topological polar surface area (TPSA) is 151 Å². The predicted octanol–water partition coefficient (Wildman–Crippen LogP) is 3.48. The van der Waals surface area contributed by atoms with Gasteiger partial charge in [0.2, 0.25) is 5.91 Å². The van der Waals surface area contributed by atoms with Gasteiger partial charge >= 0.3 is 5.97 Å². The molecule has 1 fully saturated rings. The maximum Gasteiger partial charge on any atom is 0.343 e. The first-order valence-corrected chi connectivity index (χ1v) is 17.6. The van der Waals surface area contributed by atoms with Crippen molar-refractivity contribution in [3.63, 3.8) is 0 Å². The van der Waals surface area contributed by atoms with Crippen LogP contribution in [0.5, 0.6) is 0 Å². The molecule has 258 valence electrons. The first kappa shape index (κ1) is 33.3. The van der Waals surface area contributed by atoms with E-state index in [-0.39, 0.29) is 42.9 Å². The molecule has 0 spiro atoms. The number of carbonyl (C=O) groups is 3. The third-order valence-electron chi connectivity index (χ3n) is 11.7. The largest absolute Gasteiger partial charge is 0.458 e. The number of cyclic esters (lactones) is 1. The number of allylic oxidation sites excluding steroid dienone is 3. The number of benzene rings is 1.